The maximum Gasteiger partial charge on any atom is 0.240 e. The molecule has 0 aromatic heterocycles. The van der Waals surface area contributed by atoms with Crippen molar-refractivity contribution in [1.29, 1.82) is 0 Å². The second-order valence-corrected chi connectivity index (χ2v) is 5.00. The molecule has 0 saturated heterocycles. The van der Waals surface area contributed by atoms with Crippen molar-refractivity contribution in [2.45, 2.75) is 71.8 Å². The van der Waals surface area contributed by atoms with Crippen molar-refractivity contribution in [2.24, 2.45) is 11.7 Å². The Morgan fingerprint density at radius 3 is 2.22 bits per heavy atom. The van der Waals surface area contributed by atoms with E-state index in [9.17, 15) is 9.59 Å². The van der Waals surface area contributed by atoms with Crippen LogP contribution in [0.25, 0.3) is 0 Å². The summed E-state index contributed by atoms with van der Waals surface area (Å²) in [5.41, 5.74) is 5.30. The van der Waals surface area contributed by atoms with Crippen molar-refractivity contribution in [3.8, 4) is 0 Å². The first-order valence-corrected chi connectivity index (χ1v) is 7.11. The van der Waals surface area contributed by atoms with Crippen LogP contribution in [0.2, 0.25) is 0 Å². The molecular formula is C14H28N2O2. The average molecular weight is 256 g/mol. The molecule has 0 aromatic carbocycles. The average Bonchev–Trinajstić information content (AvgIpc) is 2.34. The monoisotopic (exact) mass is 256 g/mol. The smallest absolute Gasteiger partial charge is 0.240 e. The van der Waals surface area contributed by atoms with Gasteiger partial charge in [0.15, 0.2) is 0 Å². The predicted octanol–water partition coefficient (Wildman–Crippen LogP) is 2.36. The van der Waals surface area contributed by atoms with Gasteiger partial charge in [-0.3, -0.25) is 9.59 Å². The quantitative estimate of drug-likeness (QED) is 0.589. The van der Waals surface area contributed by atoms with E-state index in [0.717, 1.165) is 19.3 Å². The molecule has 2 atom stereocenters. The Morgan fingerprint density at radius 1 is 1.11 bits per heavy atom. The lowest BCUT2D eigenvalue weighted by molar-refractivity contribution is -0.128. The molecular weight excluding hydrogens is 228 g/mol. The minimum atomic E-state index is -0.529. The van der Waals surface area contributed by atoms with Crippen molar-refractivity contribution < 1.29 is 9.59 Å². The van der Waals surface area contributed by atoms with E-state index >= 15 is 0 Å². The minimum absolute atomic E-state index is 0.0596. The van der Waals surface area contributed by atoms with Gasteiger partial charge in [-0.05, 0) is 12.3 Å². The van der Waals surface area contributed by atoms with E-state index in [0.29, 0.717) is 6.42 Å². The third-order valence-electron chi connectivity index (χ3n) is 3.34. The number of primary amides is 1. The minimum Gasteiger partial charge on any atom is -0.368 e. The lowest BCUT2D eigenvalue weighted by Crippen LogP contribution is -2.48. The van der Waals surface area contributed by atoms with E-state index in [1.165, 1.54) is 19.3 Å². The van der Waals surface area contributed by atoms with Gasteiger partial charge >= 0.3 is 0 Å². The Morgan fingerprint density at radius 2 is 1.72 bits per heavy atom. The molecule has 18 heavy (non-hydrogen) atoms. The van der Waals surface area contributed by atoms with Crippen LogP contribution in [0.3, 0.4) is 0 Å². The molecule has 0 bridgehead atoms. The summed E-state index contributed by atoms with van der Waals surface area (Å²) in [5, 5.41) is 2.74. The normalized spacial score (nSPS) is 13.9. The molecule has 0 fully saturated rings. The van der Waals surface area contributed by atoms with Gasteiger partial charge in [-0.15, -0.1) is 0 Å². The number of hydrogen-bond donors (Lipinski definition) is 2. The number of rotatable bonds is 10. The van der Waals surface area contributed by atoms with Gasteiger partial charge < -0.3 is 11.1 Å². The molecule has 3 N–H and O–H groups in total. The van der Waals surface area contributed by atoms with Crippen LogP contribution in [-0.4, -0.2) is 17.9 Å². The third-order valence-corrected chi connectivity index (χ3v) is 3.34. The SMILES string of the molecule is CCCCCCCC(=O)N[C@H](C(N)=O)[C@@H](C)CC. The maximum atomic E-state index is 11.7. The lowest BCUT2D eigenvalue weighted by Gasteiger charge is -2.21. The second kappa shape index (κ2) is 9.92. The molecule has 0 aliphatic carbocycles. The molecule has 0 unspecified atom stereocenters. The first-order valence-electron chi connectivity index (χ1n) is 7.11. The summed E-state index contributed by atoms with van der Waals surface area (Å²) in [7, 11) is 0. The fraction of sp³-hybridized carbons (Fsp3) is 0.857. The van der Waals surface area contributed by atoms with Gasteiger partial charge in [0.2, 0.25) is 11.8 Å². The van der Waals surface area contributed by atoms with Crippen LogP contribution in [0.1, 0.15) is 65.7 Å². The van der Waals surface area contributed by atoms with E-state index in [1.54, 1.807) is 0 Å². The van der Waals surface area contributed by atoms with Gasteiger partial charge in [0, 0.05) is 6.42 Å². The zero-order valence-electron chi connectivity index (χ0n) is 12.0. The molecule has 0 aliphatic heterocycles. The Labute approximate surface area is 111 Å². The highest BCUT2D eigenvalue weighted by molar-refractivity contribution is 5.86. The Kier molecular flexibility index (Phi) is 9.33. The highest BCUT2D eigenvalue weighted by Crippen LogP contribution is 2.09. The van der Waals surface area contributed by atoms with E-state index < -0.39 is 11.9 Å². The third kappa shape index (κ3) is 7.30. The standard InChI is InChI=1S/C14H28N2O2/c1-4-6-7-8-9-10-12(17)16-13(14(15)18)11(3)5-2/h11,13H,4-10H2,1-3H3,(H2,15,18)(H,16,17)/t11-,13-/m0/s1. The summed E-state index contributed by atoms with van der Waals surface area (Å²) in [4.78, 5) is 23.0. The van der Waals surface area contributed by atoms with Crippen molar-refractivity contribution in [3.63, 3.8) is 0 Å². The molecule has 0 radical (unpaired) electrons. The number of carbonyl (C=O) groups excluding carboxylic acids is 2. The van der Waals surface area contributed by atoms with Crippen molar-refractivity contribution >= 4 is 11.8 Å². The van der Waals surface area contributed by atoms with Gasteiger partial charge in [0.05, 0.1) is 0 Å². The number of nitrogens with one attached hydrogen (secondary N) is 1. The van der Waals surface area contributed by atoms with E-state index in [2.05, 4.69) is 12.2 Å². The summed E-state index contributed by atoms with van der Waals surface area (Å²) in [5.74, 6) is -0.411. The fourth-order valence-electron chi connectivity index (χ4n) is 1.86. The highest BCUT2D eigenvalue weighted by atomic mass is 16.2. The molecule has 4 nitrogen and oxygen atoms in total. The fourth-order valence-corrected chi connectivity index (χ4v) is 1.86. The lowest BCUT2D eigenvalue weighted by atomic mass is 9.98. The van der Waals surface area contributed by atoms with Crippen LogP contribution in [-0.2, 0) is 9.59 Å². The molecule has 0 aliphatic rings. The zero-order valence-corrected chi connectivity index (χ0v) is 12.0. The molecule has 4 heteroatoms. The van der Waals surface area contributed by atoms with Crippen molar-refractivity contribution in [1.82, 2.24) is 5.32 Å². The molecule has 2 amide bonds. The van der Waals surface area contributed by atoms with E-state index in [4.69, 9.17) is 5.73 Å². The molecule has 106 valence electrons. The second-order valence-electron chi connectivity index (χ2n) is 5.00. The van der Waals surface area contributed by atoms with Crippen LogP contribution < -0.4 is 11.1 Å². The van der Waals surface area contributed by atoms with Crippen LogP contribution in [0.5, 0.6) is 0 Å². The van der Waals surface area contributed by atoms with Crippen LogP contribution in [0.15, 0.2) is 0 Å². The first kappa shape index (κ1) is 16.9. The van der Waals surface area contributed by atoms with Crippen molar-refractivity contribution in [2.75, 3.05) is 0 Å². The number of unbranched alkanes of at least 4 members (excludes halogenated alkanes) is 4. The van der Waals surface area contributed by atoms with Gasteiger partial charge in [0.1, 0.15) is 6.04 Å². The highest BCUT2D eigenvalue weighted by Gasteiger charge is 2.22. The molecule has 0 aromatic rings. The Bertz CT molecular complexity index is 254. The number of carbonyl (C=O) groups is 2. The molecule has 0 heterocycles. The van der Waals surface area contributed by atoms with E-state index in [1.807, 2.05) is 13.8 Å². The molecule has 0 saturated carbocycles. The number of hydrogen-bond acceptors (Lipinski definition) is 2. The topological polar surface area (TPSA) is 72.2 Å². The van der Waals surface area contributed by atoms with Crippen LogP contribution >= 0.6 is 0 Å². The van der Waals surface area contributed by atoms with Gasteiger partial charge in [-0.1, -0.05) is 52.9 Å². The number of amides is 2. The van der Waals surface area contributed by atoms with Gasteiger partial charge in [0.25, 0.3) is 0 Å². The first-order chi connectivity index (χ1) is 8.52. The summed E-state index contributed by atoms with van der Waals surface area (Å²) >= 11 is 0. The molecule has 0 rings (SSSR count). The van der Waals surface area contributed by atoms with Crippen molar-refractivity contribution in [3.05, 3.63) is 0 Å². The van der Waals surface area contributed by atoms with Crippen LogP contribution in [0, 0.1) is 5.92 Å². The summed E-state index contributed by atoms with van der Waals surface area (Å²) in [6, 6.07) is -0.529. The summed E-state index contributed by atoms with van der Waals surface area (Å²) in [6.45, 7) is 6.07. The number of nitrogens with two attached hydrogens (primary N) is 1. The maximum absolute atomic E-state index is 11.7. The predicted molar refractivity (Wildman–Crippen MR) is 74.0 cm³/mol. The summed E-state index contributed by atoms with van der Waals surface area (Å²) in [6.07, 6.45) is 6.87. The van der Waals surface area contributed by atoms with Gasteiger partial charge in [-0.25, -0.2) is 0 Å². The van der Waals surface area contributed by atoms with Crippen LogP contribution in [0.4, 0.5) is 0 Å². The Hall–Kier alpha value is -1.06. The summed E-state index contributed by atoms with van der Waals surface area (Å²) < 4.78 is 0. The largest absolute Gasteiger partial charge is 0.368 e. The van der Waals surface area contributed by atoms with Gasteiger partial charge in [-0.2, -0.15) is 0 Å². The Balaban J connectivity index is 3.92. The van der Waals surface area contributed by atoms with E-state index in [-0.39, 0.29) is 11.8 Å². The molecule has 0 spiro atoms. The zero-order chi connectivity index (χ0) is 14.0.